The van der Waals surface area contributed by atoms with Gasteiger partial charge >= 0.3 is 0 Å². The van der Waals surface area contributed by atoms with Crippen molar-refractivity contribution in [3.05, 3.63) is 46.0 Å². The molecule has 1 saturated carbocycles. The minimum absolute atomic E-state index is 0.241. The topological polar surface area (TPSA) is 20.2 Å². The minimum Gasteiger partial charge on any atom is -0.392 e. The molecule has 1 nitrogen and oxygen atoms in total. The number of allylic oxidation sites excluding steroid dienone is 2. The second-order valence-electron chi connectivity index (χ2n) is 6.32. The number of aryl methyl sites for hydroxylation is 1. The van der Waals surface area contributed by atoms with Gasteiger partial charge in [-0.1, -0.05) is 60.9 Å². The lowest BCUT2D eigenvalue weighted by Gasteiger charge is -2.20. The van der Waals surface area contributed by atoms with Crippen molar-refractivity contribution in [2.24, 2.45) is 11.8 Å². The average Bonchev–Trinajstić information content (AvgIpc) is 2.74. The summed E-state index contributed by atoms with van der Waals surface area (Å²) in [4.78, 5) is 1.01. The summed E-state index contributed by atoms with van der Waals surface area (Å²) in [6.07, 6.45) is 9.74. The fourth-order valence-corrected chi connectivity index (χ4v) is 4.36. The molecule has 0 heterocycles. The van der Waals surface area contributed by atoms with Crippen LogP contribution in [0.2, 0.25) is 10.0 Å². The van der Waals surface area contributed by atoms with E-state index >= 15 is 0 Å². The fraction of sp³-hybridized carbons (Fsp3) is 0.526. The van der Waals surface area contributed by atoms with Crippen molar-refractivity contribution in [1.29, 1.82) is 0 Å². The first-order chi connectivity index (χ1) is 11.0. The zero-order valence-electron chi connectivity index (χ0n) is 13.5. The van der Waals surface area contributed by atoms with Crippen LogP contribution in [-0.4, -0.2) is 16.1 Å². The fourth-order valence-electron chi connectivity index (χ4n) is 3.33. The van der Waals surface area contributed by atoms with Gasteiger partial charge in [-0.3, -0.25) is 0 Å². The van der Waals surface area contributed by atoms with E-state index in [4.69, 9.17) is 35.4 Å². The molecule has 0 spiro atoms. The first kappa shape index (κ1) is 18.9. The maximum Gasteiger partial charge on any atom is 0.0622 e. The maximum absolute atomic E-state index is 10.3. The Hall–Kier alpha value is -0.410. The van der Waals surface area contributed by atoms with Crippen LogP contribution in [0.3, 0.4) is 0 Å². The molecule has 0 aliphatic heterocycles. The monoisotopic (exact) mass is 370 g/mol. The van der Waals surface area contributed by atoms with Gasteiger partial charge in [0.15, 0.2) is 0 Å². The van der Waals surface area contributed by atoms with Crippen LogP contribution in [0.25, 0.3) is 0 Å². The molecule has 0 radical (unpaired) electrons. The Bertz CT molecular complexity index is 550. The standard InChI is InChI=1S/C19H24Cl2OS/c1-2-3-4-5-6-16-17(19(23)12-18(16)22)8-7-13-9-14(20)11-15(21)10-13/h4-5,9-11,16-18,22H,2-3,6-8,12H2,1H3/b5-4-/t16-,17-,18?/m1/s1. The third-order valence-corrected chi connectivity index (χ3v) is 5.44. The van der Waals surface area contributed by atoms with Gasteiger partial charge in [-0.15, -0.1) is 0 Å². The van der Waals surface area contributed by atoms with Gasteiger partial charge in [-0.25, -0.2) is 0 Å². The van der Waals surface area contributed by atoms with Crippen LogP contribution in [0, 0.1) is 11.8 Å². The Morgan fingerprint density at radius 2 is 1.91 bits per heavy atom. The van der Waals surface area contributed by atoms with Crippen LogP contribution in [0.5, 0.6) is 0 Å². The van der Waals surface area contributed by atoms with E-state index in [1.54, 1.807) is 6.07 Å². The third-order valence-electron chi connectivity index (χ3n) is 4.53. The zero-order valence-corrected chi connectivity index (χ0v) is 15.8. The molecule has 1 aliphatic carbocycles. The van der Waals surface area contributed by atoms with Gasteiger partial charge in [0.2, 0.25) is 0 Å². The number of unbranched alkanes of at least 4 members (excludes halogenated alkanes) is 1. The Balaban J connectivity index is 1.98. The van der Waals surface area contributed by atoms with Gasteiger partial charge in [0.25, 0.3) is 0 Å². The van der Waals surface area contributed by atoms with Gasteiger partial charge in [0.1, 0.15) is 0 Å². The van der Waals surface area contributed by atoms with Crippen molar-refractivity contribution < 1.29 is 5.11 Å². The SMILES string of the molecule is CCC/C=C\C[C@H]1C(O)CC(=S)[C@@H]1CCc1cc(Cl)cc(Cl)c1. The highest BCUT2D eigenvalue weighted by Gasteiger charge is 2.37. The first-order valence-corrected chi connectivity index (χ1v) is 9.48. The van der Waals surface area contributed by atoms with Crippen LogP contribution in [0.15, 0.2) is 30.4 Å². The van der Waals surface area contributed by atoms with E-state index in [1.165, 1.54) is 0 Å². The molecule has 3 atom stereocenters. The maximum atomic E-state index is 10.3. The average molecular weight is 371 g/mol. The van der Waals surface area contributed by atoms with Gasteiger partial charge in [-0.2, -0.15) is 0 Å². The summed E-state index contributed by atoms with van der Waals surface area (Å²) >= 11 is 17.7. The summed E-state index contributed by atoms with van der Waals surface area (Å²) < 4.78 is 0. The normalized spacial score (nSPS) is 24.7. The molecule has 1 aliphatic rings. The van der Waals surface area contributed by atoms with Crippen LogP contribution < -0.4 is 0 Å². The van der Waals surface area contributed by atoms with Gasteiger partial charge in [-0.05, 0) is 66.1 Å². The molecule has 0 aromatic heterocycles. The number of hydrogen-bond donors (Lipinski definition) is 1. The van der Waals surface area contributed by atoms with Crippen LogP contribution in [0.4, 0.5) is 0 Å². The van der Waals surface area contributed by atoms with Crippen molar-refractivity contribution >= 4 is 40.3 Å². The van der Waals surface area contributed by atoms with Crippen LogP contribution in [0.1, 0.15) is 44.6 Å². The molecule has 4 heteroatoms. The molecular formula is C19H24Cl2OS. The highest BCUT2D eigenvalue weighted by atomic mass is 35.5. The number of benzene rings is 1. The summed E-state index contributed by atoms with van der Waals surface area (Å²) in [7, 11) is 0. The molecule has 1 aromatic carbocycles. The van der Waals surface area contributed by atoms with Crippen LogP contribution in [-0.2, 0) is 6.42 Å². The van der Waals surface area contributed by atoms with Crippen molar-refractivity contribution in [2.45, 2.75) is 51.6 Å². The Labute approximate surface area is 154 Å². The van der Waals surface area contributed by atoms with E-state index in [0.717, 1.165) is 42.5 Å². The third kappa shape index (κ3) is 5.56. The highest BCUT2D eigenvalue weighted by molar-refractivity contribution is 7.80. The smallest absolute Gasteiger partial charge is 0.0622 e. The predicted molar refractivity (Wildman–Crippen MR) is 104 cm³/mol. The summed E-state index contributed by atoms with van der Waals surface area (Å²) in [5.74, 6) is 0.536. The van der Waals surface area contributed by atoms with Crippen molar-refractivity contribution in [1.82, 2.24) is 0 Å². The lowest BCUT2D eigenvalue weighted by molar-refractivity contribution is 0.117. The summed E-state index contributed by atoms with van der Waals surface area (Å²) in [6.45, 7) is 2.17. The van der Waals surface area contributed by atoms with Crippen LogP contribution >= 0.6 is 35.4 Å². The largest absolute Gasteiger partial charge is 0.392 e. The summed E-state index contributed by atoms with van der Waals surface area (Å²) in [6, 6.07) is 5.66. The molecule has 0 bridgehead atoms. The van der Waals surface area contributed by atoms with E-state index in [1.807, 2.05) is 12.1 Å². The molecule has 23 heavy (non-hydrogen) atoms. The van der Waals surface area contributed by atoms with E-state index in [0.29, 0.717) is 22.4 Å². The van der Waals surface area contributed by atoms with Crippen molar-refractivity contribution in [2.75, 3.05) is 0 Å². The molecule has 1 unspecified atom stereocenters. The van der Waals surface area contributed by atoms with Gasteiger partial charge < -0.3 is 5.11 Å². The number of thiocarbonyl (C=S) groups is 1. The van der Waals surface area contributed by atoms with Gasteiger partial charge in [0, 0.05) is 16.5 Å². The number of rotatable bonds is 7. The van der Waals surface area contributed by atoms with Crippen molar-refractivity contribution in [3.8, 4) is 0 Å². The first-order valence-electron chi connectivity index (χ1n) is 8.32. The number of hydrogen-bond acceptors (Lipinski definition) is 2. The van der Waals surface area contributed by atoms with Crippen molar-refractivity contribution in [3.63, 3.8) is 0 Å². The lowest BCUT2D eigenvalue weighted by Crippen LogP contribution is -2.20. The van der Waals surface area contributed by atoms with E-state index in [2.05, 4.69) is 19.1 Å². The Morgan fingerprint density at radius 1 is 1.22 bits per heavy atom. The second-order valence-corrected chi connectivity index (χ2v) is 7.72. The highest BCUT2D eigenvalue weighted by Crippen LogP contribution is 2.36. The number of halogens is 2. The molecule has 126 valence electrons. The van der Waals surface area contributed by atoms with E-state index in [-0.39, 0.29) is 12.0 Å². The Morgan fingerprint density at radius 3 is 2.57 bits per heavy atom. The summed E-state index contributed by atoms with van der Waals surface area (Å²) in [5.41, 5.74) is 1.13. The zero-order chi connectivity index (χ0) is 16.8. The molecule has 0 saturated heterocycles. The van der Waals surface area contributed by atoms with E-state index in [9.17, 15) is 5.11 Å². The molecule has 1 N–H and O–H groups in total. The molecule has 1 fully saturated rings. The molecule has 0 amide bonds. The minimum atomic E-state index is -0.304. The predicted octanol–water partition coefficient (Wildman–Crippen LogP) is 6.04. The van der Waals surface area contributed by atoms with E-state index < -0.39 is 0 Å². The lowest BCUT2D eigenvalue weighted by atomic mass is 9.86. The Kier molecular flexibility index (Phi) is 7.55. The molecule has 2 rings (SSSR count). The van der Waals surface area contributed by atoms with Gasteiger partial charge in [0.05, 0.1) is 6.10 Å². The number of aliphatic hydroxyl groups excluding tert-OH is 1. The quantitative estimate of drug-likeness (QED) is 0.466. The second kappa shape index (κ2) is 9.17. The molecular weight excluding hydrogens is 347 g/mol. The molecule has 1 aromatic rings. The summed E-state index contributed by atoms with van der Waals surface area (Å²) in [5, 5.41) is 11.6. The number of aliphatic hydroxyl groups is 1.